The number of amides is 1. The van der Waals surface area contributed by atoms with Crippen LogP contribution < -0.4 is 0 Å². The summed E-state index contributed by atoms with van der Waals surface area (Å²) in [4.78, 5) is 26.4. The first-order valence-electron chi connectivity index (χ1n) is 10.1. The van der Waals surface area contributed by atoms with E-state index in [1.165, 1.54) is 7.11 Å². The fraction of sp³-hybridized carbons (Fsp3) is 0.417. The minimum atomic E-state index is -0.992. The van der Waals surface area contributed by atoms with Gasteiger partial charge in [-0.25, -0.2) is 9.59 Å². The van der Waals surface area contributed by atoms with E-state index in [-0.39, 0.29) is 6.04 Å². The molecule has 1 aliphatic heterocycles. The number of cyclic esters (lactones) is 1. The van der Waals surface area contributed by atoms with Crippen LogP contribution in [0.2, 0.25) is 0 Å². The number of carbonyl (C=O) groups excluding carboxylic acids is 2. The van der Waals surface area contributed by atoms with Gasteiger partial charge in [0.15, 0.2) is 0 Å². The second kappa shape index (κ2) is 8.48. The van der Waals surface area contributed by atoms with Crippen LogP contribution in [0.4, 0.5) is 4.79 Å². The van der Waals surface area contributed by atoms with E-state index >= 15 is 0 Å². The Hall–Kier alpha value is -2.86. The van der Waals surface area contributed by atoms with Crippen LogP contribution in [0, 0.1) is 0 Å². The molecular formula is C24H29NO5. The molecule has 30 heavy (non-hydrogen) atoms. The van der Waals surface area contributed by atoms with Crippen molar-refractivity contribution >= 4 is 12.1 Å². The van der Waals surface area contributed by atoms with Gasteiger partial charge >= 0.3 is 12.1 Å². The maximum Gasteiger partial charge on any atom is 0.411 e. The largest absolute Gasteiger partial charge is 0.465 e. The minimum Gasteiger partial charge on any atom is -0.465 e. The van der Waals surface area contributed by atoms with Gasteiger partial charge in [0.1, 0.15) is 5.60 Å². The molecule has 0 aliphatic carbocycles. The molecule has 2 aromatic rings. The van der Waals surface area contributed by atoms with Crippen molar-refractivity contribution in [3.63, 3.8) is 0 Å². The van der Waals surface area contributed by atoms with Crippen molar-refractivity contribution in [3.8, 4) is 0 Å². The number of benzene rings is 2. The molecule has 1 saturated heterocycles. The van der Waals surface area contributed by atoms with Crippen LogP contribution in [0.1, 0.15) is 61.1 Å². The highest BCUT2D eigenvalue weighted by molar-refractivity contribution is 5.89. The van der Waals surface area contributed by atoms with Crippen molar-refractivity contribution in [1.29, 1.82) is 0 Å². The van der Waals surface area contributed by atoms with Crippen LogP contribution in [-0.4, -0.2) is 41.3 Å². The maximum absolute atomic E-state index is 13.1. The third kappa shape index (κ3) is 4.65. The number of carbonyl (C=O) groups is 2. The zero-order valence-electron chi connectivity index (χ0n) is 17.9. The van der Waals surface area contributed by atoms with Crippen LogP contribution in [0.3, 0.4) is 0 Å². The number of esters is 1. The number of hydrogen-bond acceptors (Lipinski definition) is 5. The molecule has 0 bridgehead atoms. The lowest BCUT2D eigenvalue weighted by atomic mass is 9.80. The van der Waals surface area contributed by atoms with Gasteiger partial charge in [0.05, 0.1) is 24.3 Å². The van der Waals surface area contributed by atoms with E-state index in [1.807, 2.05) is 49.4 Å². The molecule has 6 heteroatoms. The number of nitrogens with zero attached hydrogens (tertiary/aromatic N) is 1. The molecule has 0 aromatic heterocycles. The van der Waals surface area contributed by atoms with Crippen molar-refractivity contribution in [3.05, 3.63) is 71.3 Å². The van der Waals surface area contributed by atoms with Gasteiger partial charge in [-0.1, -0.05) is 42.5 Å². The molecule has 2 aromatic carbocycles. The van der Waals surface area contributed by atoms with Gasteiger partial charge < -0.3 is 19.5 Å². The average Bonchev–Trinajstić information content (AvgIpc) is 2.72. The first-order chi connectivity index (χ1) is 14.1. The summed E-state index contributed by atoms with van der Waals surface area (Å²) in [5, 5.41) is 10.5. The highest BCUT2D eigenvalue weighted by Gasteiger charge is 2.46. The summed E-state index contributed by atoms with van der Waals surface area (Å²) in [6, 6.07) is 16.4. The molecule has 160 valence electrons. The van der Waals surface area contributed by atoms with Crippen molar-refractivity contribution in [2.24, 2.45) is 0 Å². The lowest BCUT2D eigenvalue weighted by Crippen LogP contribution is -2.51. The van der Waals surface area contributed by atoms with E-state index in [0.717, 1.165) is 11.1 Å². The topological polar surface area (TPSA) is 76.1 Å². The summed E-state index contributed by atoms with van der Waals surface area (Å²) in [6.45, 7) is 5.87. The molecule has 2 atom stereocenters. The zero-order chi connectivity index (χ0) is 21.9. The van der Waals surface area contributed by atoms with Gasteiger partial charge in [0.2, 0.25) is 0 Å². The molecule has 1 amide bonds. The summed E-state index contributed by atoms with van der Waals surface area (Å²) < 4.78 is 10.8. The molecule has 0 saturated carbocycles. The van der Waals surface area contributed by atoms with Crippen LogP contribution in [-0.2, 0) is 15.1 Å². The third-order valence-corrected chi connectivity index (χ3v) is 5.57. The molecule has 1 N–H and O–H groups in total. The molecule has 0 unspecified atom stereocenters. The van der Waals surface area contributed by atoms with Gasteiger partial charge in [0, 0.05) is 19.4 Å². The van der Waals surface area contributed by atoms with Crippen LogP contribution in [0.15, 0.2) is 54.6 Å². The number of rotatable bonds is 6. The number of ether oxygens (including phenoxy) is 2. The lowest BCUT2D eigenvalue weighted by molar-refractivity contribution is -0.101. The molecule has 0 radical (unpaired) electrons. The normalized spacial score (nSPS) is 20.4. The van der Waals surface area contributed by atoms with Crippen LogP contribution in [0.5, 0.6) is 0 Å². The Balaban J connectivity index is 1.81. The predicted octanol–water partition coefficient (Wildman–Crippen LogP) is 4.43. The molecule has 1 heterocycles. The first kappa shape index (κ1) is 21.8. The van der Waals surface area contributed by atoms with Gasteiger partial charge in [-0.05, 0) is 44.0 Å². The second-order valence-electron chi connectivity index (χ2n) is 8.45. The minimum absolute atomic E-state index is 0.222. The van der Waals surface area contributed by atoms with E-state index in [2.05, 4.69) is 0 Å². The van der Waals surface area contributed by atoms with Crippen molar-refractivity contribution in [2.75, 3.05) is 13.7 Å². The predicted molar refractivity (Wildman–Crippen MR) is 113 cm³/mol. The smallest absolute Gasteiger partial charge is 0.411 e. The molecule has 6 nitrogen and oxygen atoms in total. The Morgan fingerprint density at radius 3 is 2.37 bits per heavy atom. The summed E-state index contributed by atoms with van der Waals surface area (Å²) in [7, 11) is 1.34. The Kier molecular flexibility index (Phi) is 6.17. The van der Waals surface area contributed by atoms with Gasteiger partial charge in [-0.2, -0.15) is 0 Å². The monoisotopic (exact) mass is 411 g/mol. The fourth-order valence-electron chi connectivity index (χ4n) is 4.09. The Morgan fingerprint density at radius 2 is 1.83 bits per heavy atom. The fourth-order valence-corrected chi connectivity index (χ4v) is 4.09. The highest BCUT2D eigenvalue weighted by Crippen LogP contribution is 2.42. The van der Waals surface area contributed by atoms with Crippen molar-refractivity contribution in [1.82, 2.24) is 4.90 Å². The van der Waals surface area contributed by atoms with Crippen molar-refractivity contribution < 1.29 is 24.2 Å². The summed E-state index contributed by atoms with van der Waals surface area (Å²) in [5.74, 6) is -0.397. The average molecular weight is 411 g/mol. The molecule has 0 spiro atoms. The van der Waals surface area contributed by atoms with E-state index in [0.29, 0.717) is 24.9 Å². The number of methoxy groups -OCH3 is 1. The molecule has 1 fully saturated rings. The number of hydrogen-bond donors (Lipinski definition) is 1. The van der Waals surface area contributed by atoms with Gasteiger partial charge in [0.25, 0.3) is 0 Å². The molecule has 3 rings (SSSR count). The van der Waals surface area contributed by atoms with E-state index in [1.54, 1.807) is 30.9 Å². The van der Waals surface area contributed by atoms with Gasteiger partial charge in [-0.15, -0.1) is 0 Å². The standard InChI is InChI=1S/C24H29NO5/c1-17(18-10-12-19(13-11-18)21(26)29-4)25-15-14-24(30-22(25)27,16-23(2,3)28)20-8-6-5-7-9-20/h5-13,17,28H,14-16H2,1-4H3/t17-,24-/m0/s1. The third-order valence-electron chi connectivity index (χ3n) is 5.57. The van der Waals surface area contributed by atoms with E-state index in [9.17, 15) is 14.7 Å². The van der Waals surface area contributed by atoms with E-state index < -0.39 is 23.3 Å². The summed E-state index contributed by atoms with van der Waals surface area (Å²) >= 11 is 0. The quantitative estimate of drug-likeness (QED) is 0.712. The van der Waals surface area contributed by atoms with Crippen LogP contribution in [0.25, 0.3) is 0 Å². The Labute approximate surface area is 177 Å². The Morgan fingerprint density at radius 1 is 1.20 bits per heavy atom. The van der Waals surface area contributed by atoms with E-state index in [4.69, 9.17) is 9.47 Å². The number of aliphatic hydroxyl groups is 1. The zero-order valence-corrected chi connectivity index (χ0v) is 17.9. The van der Waals surface area contributed by atoms with Crippen molar-refractivity contribution in [2.45, 2.75) is 50.9 Å². The maximum atomic E-state index is 13.1. The molecule has 1 aliphatic rings. The lowest BCUT2D eigenvalue weighted by Gasteiger charge is -2.45. The summed E-state index contributed by atoms with van der Waals surface area (Å²) in [5.41, 5.74) is 0.377. The highest BCUT2D eigenvalue weighted by atomic mass is 16.6. The SMILES string of the molecule is COC(=O)c1ccc([C@H](C)N2CC[C@](CC(C)(C)O)(c3ccccc3)OC2=O)cc1. The Bertz CT molecular complexity index is 888. The molecular weight excluding hydrogens is 382 g/mol. The van der Waals surface area contributed by atoms with Crippen LogP contribution >= 0.6 is 0 Å². The second-order valence-corrected chi connectivity index (χ2v) is 8.45. The van der Waals surface area contributed by atoms with Gasteiger partial charge in [-0.3, -0.25) is 0 Å². The first-order valence-corrected chi connectivity index (χ1v) is 10.1. The summed E-state index contributed by atoms with van der Waals surface area (Å²) in [6.07, 6.45) is 0.460.